The Hall–Kier alpha value is -0.544. The van der Waals surface area contributed by atoms with E-state index in [1.807, 2.05) is 6.07 Å². The molecule has 0 unspecified atom stereocenters. The molecule has 54 valence electrons. The van der Waals surface area contributed by atoms with Crippen molar-refractivity contribution in [1.82, 2.24) is 0 Å². The topological polar surface area (TPSA) is 26.3 Å². The summed E-state index contributed by atoms with van der Waals surface area (Å²) in [5, 5.41) is 0. The number of benzene rings is 1. The minimum atomic E-state index is -0.291. The summed E-state index contributed by atoms with van der Waals surface area (Å²) in [6, 6.07) is 8.88. The van der Waals surface area contributed by atoms with Gasteiger partial charge in [0.25, 0.3) is 0 Å². The van der Waals surface area contributed by atoms with Crippen LogP contribution in [0.1, 0.15) is 10.4 Å². The molecule has 0 N–H and O–H groups in total. The number of carbonyl (C=O) groups is 1. The van der Waals surface area contributed by atoms with E-state index < -0.39 is 0 Å². The van der Waals surface area contributed by atoms with E-state index in [2.05, 4.69) is 4.74 Å². The monoisotopic (exact) mass is 160 g/mol. The van der Waals surface area contributed by atoms with Crippen molar-refractivity contribution in [2.45, 2.75) is 0 Å². The molecule has 0 amide bonds. The van der Waals surface area contributed by atoms with Crippen LogP contribution in [0.4, 0.5) is 0 Å². The van der Waals surface area contributed by atoms with E-state index >= 15 is 0 Å². The predicted molar refractivity (Wildman–Crippen MR) is 43.5 cm³/mol. The zero-order chi connectivity index (χ0) is 7.40. The molecular formula is C8H8MgO2. The summed E-state index contributed by atoms with van der Waals surface area (Å²) in [5.74, 6) is -0.291. The van der Waals surface area contributed by atoms with Gasteiger partial charge in [-0.3, -0.25) is 0 Å². The fraction of sp³-hybridized carbons (Fsp3) is 0.125. The van der Waals surface area contributed by atoms with Crippen LogP contribution in [0.25, 0.3) is 0 Å². The molecule has 0 bridgehead atoms. The molecule has 0 aromatic heterocycles. The Kier molecular flexibility index (Phi) is 4.90. The summed E-state index contributed by atoms with van der Waals surface area (Å²) < 4.78 is 4.50. The van der Waals surface area contributed by atoms with Crippen molar-refractivity contribution in [2.75, 3.05) is 7.11 Å². The highest BCUT2D eigenvalue weighted by Gasteiger charge is 2.00. The molecule has 2 nitrogen and oxygen atoms in total. The maximum atomic E-state index is 10.8. The van der Waals surface area contributed by atoms with Crippen molar-refractivity contribution in [2.24, 2.45) is 0 Å². The van der Waals surface area contributed by atoms with Gasteiger partial charge in [0.15, 0.2) is 0 Å². The summed E-state index contributed by atoms with van der Waals surface area (Å²) in [6.45, 7) is 0. The lowest BCUT2D eigenvalue weighted by molar-refractivity contribution is 0.0601. The fourth-order valence-electron chi connectivity index (χ4n) is 0.692. The van der Waals surface area contributed by atoms with Crippen LogP contribution in [-0.4, -0.2) is 36.1 Å². The molecule has 0 aliphatic carbocycles. The molecular weight excluding hydrogens is 152 g/mol. The first-order valence-electron chi connectivity index (χ1n) is 2.98. The number of hydrogen-bond acceptors (Lipinski definition) is 2. The molecule has 0 fully saturated rings. The summed E-state index contributed by atoms with van der Waals surface area (Å²) in [4.78, 5) is 10.8. The minimum absolute atomic E-state index is 0. The van der Waals surface area contributed by atoms with Gasteiger partial charge in [0.2, 0.25) is 0 Å². The van der Waals surface area contributed by atoms with Crippen LogP contribution < -0.4 is 0 Å². The van der Waals surface area contributed by atoms with Gasteiger partial charge in [0.1, 0.15) is 0 Å². The van der Waals surface area contributed by atoms with Gasteiger partial charge in [-0.15, -0.1) is 0 Å². The van der Waals surface area contributed by atoms with E-state index in [0.717, 1.165) is 0 Å². The van der Waals surface area contributed by atoms with Gasteiger partial charge in [-0.1, -0.05) is 18.2 Å². The average molecular weight is 160 g/mol. The number of esters is 1. The van der Waals surface area contributed by atoms with Crippen molar-refractivity contribution in [3.05, 3.63) is 35.9 Å². The van der Waals surface area contributed by atoms with Gasteiger partial charge < -0.3 is 4.74 Å². The van der Waals surface area contributed by atoms with E-state index in [-0.39, 0.29) is 29.0 Å². The summed E-state index contributed by atoms with van der Waals surface area (Å²) in [5.41, 5.74) is 0.588. The predicted octanol–water partition coefficient (Wildman–Crippen LogP) is 1.09. The summed E-state index contributed by atoms with van der Waals surface area (Å²) in [7, 11) is 1.37. The molecule has 0 saturated carbocycles. The molecule has 0 aliphatic rings. The van der Waals surface area contributed by atoms with Crippen LogP contribution in [-0.2, 0) is 4.74 Å². The number of ether oxygens (including phenoxy) is 1. The highest BCUT2D eigenvalue weighted by atomic mass is 24.3. The van der Waals surface area contributed by atoms with Gasteiger partial charge in [0.05, 0.1) is 12.7 Å². The van der Waals surface area contributed by atoms with Crippen molar-refractivity contribution >= 4 is 29.0 Å². The van der Waals surface area contributed by atoms with Gasteiger partial charge in [-0.2, -0.15) is 0 Å². The van der Waals surface area contributed by atoms with Crippen molar-refractivity contribution < 1.29 is 9.53 Å². The molecule has 2 radical (unpaired) electrons. The maximum Gasteiger partial charge on any atom is 0.337 e. The van der Waals surface area contributed by atoms with Crippen LogP contribution in [0.3, 0.4) is 0 Å². The molecule has 0 heterocycles. The lowest BCUT2D eigenvalue weighted by atomic mass is 10.2. The van der Waals surface area contributed by atoms with Crippen LogP contribution >= 0.6 is 0 Å². The molecule has 1 rings (SSSR count). The molecule has 0 saturated heterocycles. The number of hydrogen-bond donors (Lipinski definition) is 0. The molecule has 1 aromatic carbocycles. The Morgan fingerprint density at radius 3 is 2.27 bits per heavy atom. The standard InChI is InChI=1S/C8H8O2.Mg/c1-10-8(9)7-5-3-2-4-6-7;/h2-6H,1H3;. The lowest BCUT2D eigenvalue weighted by Gasteiger charge is -1.95. The second-order valence-electron chi connectivity index (χ2n) is 1.86. The van der Waals surface area contributed by atoms with Crippen LogP contribution in [0, 0.1) is 0 Å². The van der Waals surface area contributed by atoms with Crippen molar-refractivity contribution in [3.63, 3.8) is 0 Å². The second-order valence-corrected chi connectivity index (χ2v) is 1.86. The van der Waals surface area contributed by atoms with E-state index in [1.54, 1.807) is 24.3 Å². The summed E-state index contributed by atoms with van der Waals surface area (Å²) >= 11 is 0. The average Bonchev–Trinajstić information content (AvgIpc) is 2.05. The largest absolute Gasteiger partial charge is 0.465 e. The third-order valence-corrected chi connectivity index (χ3v) is 1.19. The first-order chi connectivity index (χ1) is 4.84. The Morgan fingerprint density at radius 1 is 1.27 bits per heavy atom. The molecule has 3 heteroatoms. The first kappa shape index (κ1) is 10.5. The maximum absolute atomic E-state index is 10.8. The number of rotatable bonds is 1. The molecule has 0 atom stereocenters. The van der Waals surface area contributed by atoms with Crippen LogP contribution in [0.15, 0.2) is 30.3 Å². The molecule has 1 aromatic rings. The third-order valence-electron chi connectivity index (χ3n) is 1.19. The smallest absolute Gasteiger partial charge is 0.337 e. The van der Waals surface area contributed by atoms with Gasteiger partial charge in [-0.05, 0) is 12.1 Å². The Morgan fingerprint density at radius 2 is 1.82 bits per heavy atom. The van der Waals surface area contributed by atoms with E-state index in [0.29, 0.717) is 5.56 Å². The van der Waals surface area contributed by atoms with Gasteiger partial charge >= 0.3 is 5.97 Å². The van der Waals surface area contributed by atoms with Crippen LogP contribution in [0.5, 0.6) is 0 Å². The molecule has 11 heavy (non-hydrogen) atoms. The first-order valence-corrected chi connectivity index (χ1v) is 2.98. The number of carbonyl (C=O) groups excluding carboxylic acids is 1. The molecule has 0 aliphatic heterocycles. The van der Waals surface area contributed by atoms with Gasteiger partial charge in [0, 0.05) is 23.1 Å². The van der Waals surface area contributed by atoms with E-state index in [9.17, 15) is 4.79 Å². The second kappa shape index (κ2) is 5.15. The van der Waals surface area contributed by atoms with E-state index in [1.165, 1.54) is 7.11 Å². The highest BCUT2D eigenvalue weighted by molar-refractivity contribution is 5.89. The van der Waals surface area contributed by atoms with Crippen LogP contribution in [0.2, 0.25) is 0 Å². The highest BCUT2D eigenvalue weighted by Crippen LogP contribution is 1.98. The minimum Gasteiger partial charge on any atom is -0.465 e. The van der Waals surface area contributed by atoms with E-state index in [4.69, 9.17) is 0 Å². The molecule has 0 spiro atoms. The number of methoxy groups -OCH3 is 1. The van der Waals surface area contributed by atoms with Crippen molar-refractivity contribution in [3.8, 4) is 0 Å². The zero-order valence-corrected chi connectivity index (χ0v) is 7.82. The lowest BCUT2D eigenvalue weighted by Crippen LogP contribution is -1.99. The fourth-order valence-corrected chi connectivity index (χ4v) is 0.692. The summed E-state index contributed by atoms with van der Waals surface area (Å²) in [6.07, 6.45) is 0. The Balaban J connectivity index is 0.000001000. The Bertz CT molecular complexity index is 221. The SMILES string of the molecule is COC(=O)c1ccccc1.[Mg]. The Labute approximate surface area is 81.7 Å². The third kappa shape index (κ3) is 2.90. The van der Waals surface area contributed by atoms with Crippen molar-refractivity contribution in [1.29, 1.82) is 0 Å². The zero-order valence-electron chi connectivity index (χ0n) is 6.41. The normalized spacial score (nSPS) is 8.09. The quantitative estimate of drug-likeness (QED) is 0.454. The van der Waals surface area contributed by atoms with Gasteiger partial charge in [-0.25, -0.2) is 4.79 Å².